The highest BCUT2D eigenvalue weighted by Crippen LogP contribution is 2.28. The van der Waals surface area contributed by atoms with Crippen LogP contribution < -0.4 is 5.32 Å². The Kier molecular flexibility index (Phi) is 4.35. The SMILES string of the molecule is Cc1nn2c(C)c(C(=O)Nc3cccc(F)c3)cnc2c1-c1ccc(F)cc1. The van der Waals surface area contributed by atoms with Gasteiger partial charge in [-0.3, -0.25) is 4.79 Å². The monoisotopic (exact) mass is 378 g/mol. The van der Waals surface area contributed by atoms with E-state index < -0.39 is 11.7 Å². The molecule has 1 amide bonds. The molecule has 0 aliphatic rings. The van der Waals surface area contributed by atoms with Gasteiger partial charge in [-0.2, -0.15) is 5.10 Å². The number of amides is 1. The van der Waals surface area contributed by atoms with Crippen molar-refractivity contribution < 1.29 is 13.6 Å². The van der Waals surface area contributed by atoms with Crippen molar-refractivity contribution in [2.45, 2.75) is 13.8 Å². The Morgan fingerprint density at radius 2 is 1.79 bits per heavy atom. The fourth-order valence-electron chi connectivity index (χ4n) is 3.14. The molecule has 7 heteroatoms. The maximum Gasteiger partial charge on any atom is 0.259 e. The van der Waals surface area contributed by atoms with E-state index in [-0.39, 0.29) is 5.82 Å². The summed E-state index contributed by atoms with van der Waals surface area (Å²) in [6.45, 7) is 3.59. The first-order valence-electron chi connectivity index (χ1n) is 8.62. The number of nitrogens with zero attached hydrogens (tertiary/aromatic N) is 3. The van der Waals surface area contributed by atoms with Crippen molar-refractivity contribution in [2.75, 3.05) is 5.32 Å². The van der Waals surface area contributed by atoms with Crippen LogP contribution in [0.25, 0.3) is 16.8 Å². The number of carbonyl (C=O) groups excluding carboxylic acids is 1. The smallest absolute Gasteiger partial charge is 0.259 e. The summed E-state index contributed by atoms with van der Waals surface area (Å²) in [5, 5.41) is 7.16. The molecule has 0 saturated heterocycles. The van der Waals surface area contributed by atoms with Crippen LogP contribution in [0.15, 0.2) is 54.7 Å². The van der Waals surface area contributed by atoms with Gasteiger partial charge in [-0.15, -0.1) is 0 Å². The van der Waals surface area contributed by atoms with Gasteiger partial charge in [0.05, 0.1) is 17.0 Å². The van der Waals surface area contributed by atoms with Crippen molar-refractivity contribution in [2.24, 2.45) is 0 Å². The molecule has 0 radical (unpaired) electrons. The third-order valence-electron chi connectivity index (χ3n) is 4.52. The van der Waals surface area contributed by atoms with Crippen molar-refractivity contribution in [3.63, 3.8) is 0 Å². The van der Waals surface area contributed by atoms with Crippen LogP contribution in [0.3, 0.4) is 0 Å². The second-order valence-electron chi connectivity index (χ2n) is 6.42. The van der Waals surface area contributed by atoms with Crippen LogP contribution in [0, 0.1) is 25.5 Å². The zero-order chi connectivity index (χ0) is 19.8. The highest BCUT2D eigenvalue weighted by atomic mass is 19.1. The second-order valence-corrected chi connectivity index (χ2v) is 6.42. The maximum atomic E-state index is 13.3. The Balaban J connectivity index is 1.75. The van der Waals surface area contributed by atoms with Gasteiger partial charge >= 0.3 is 0 Å². The predicted octanol–water partition coefficient (Wildman–Crippen LogP) is 4.54. The third kappa shape index (κ3) is 3.11. The summed E-state index contributed by atoms with van der Waals surface area (Å²) in [5.74, 6) is -1.16. The topological polar surface area (TPSA) is 59.3 Å². The number of benzene rings is 2. The van der Waals surface area contributed by atoms with Crippen molar-refractivity contribution in [1.29, 1.82) is 0 Å². The van der Waals surface area contributed by atoms with E-state index in [9.17, 15) is 13.6 Å². The van der Waals surface area contributed by atoms with E-state index in [2.05, 4.69) is 15.4 Å². The lowest BCUT2D eigenvalue weighted by Gasteiger charge is -2.09. The lowest BCUT2D eigenvalue weighted by molar-refractivity contribution is 0.102. The minimum absolute atomic E-state index is 0.321. The van der Waals surface area contributed by atoms with Crippen LogP contribution in [0.2, 0.25) is 0 Å². The second kappa shape index (κ2) is 6.84. The van der Waals surface area contributed by atoms with Crippen LogP contribution in [0.1, 0.15) is 21.7 Å². The van der Waals surface area contributed by atoms with Gasteiger partial charge < -0.3 is 5.32 Å². The van der Waals surface area contributed by atoms with Gasteiger partial charge in [0, 0.05) is 17.4 Å². The summed E-state index contributed by atoms with van der Waals surface area (Å²) in [5.41, 5.74) is 4.13. The molecule has 4 aromatic rings. The van der Waals surface area contributed by atoms with E-state index >= 15 is 0 Å². The number of fused-ring (bicyclic) bond motifs is 1. The molecule has 28 heavy (non-hydrogen) atoms. The molecule has 0 spiro atoms. The van der Waals surface area contributed by atoms with Gasteiger partial charge in [0.25, 0.3) is 5.91 Å². The fourth-order valence-corrected chi connectivity index (χ4v) is 3.14. The van der Waals surface area contributed by atoms with E-state index in [1.54, 1.807) is 29.6 Å². The fraction of sp³-hybridized carbons (Fsp3) is 0.0952. The zero-order valence-electron chi connectivity index (χ0n) is 15.2. The first-order valence-corrected chi connectivity index (χ1v) is 8.62. The van der Waals surface area contributed by atoms with Crippen LogP contribution >= 0.6 is 0 Å². The van der Waals surface area contributed by atoms with Gasteiger partial charge in [-0.05, 0) is 49.7 Å². The largest absolute Gasteiger partial charge is 0.322 e. The first-order chi connectivity index (χ1) is 13.4. The van der Waals surface area contributed by atoms with Crippen LogP contribution in [-0.2, 0) is 0 Å². The summed E-state index contributed by atoms with van der Waals surface area (Å²) in [7, 11) is 0. The molecule has 0 fully saturated rings. The van der Waals surface area contributed by atoms with Crippen molar-refractivity contribution in [3.05, 3.63) is 83.3 Å². The molecular weight excluding hydrogens is 362 g/mol. The highest BCUT2D eigenvalue weighted by molar-refractivity contribution is 6.05. The molecule has 2 aromatic heterocycles. The van der Waals surface area contributed by atoms with Gasteiger partial charge in [0.1, 0.15) is 11.6 Å². The van der Waals surface area contributed by atoms with Crippen molar-refractivity contribution >= 4 is 17.2 Å². The number of nitrogens with one attached hydrogen (secondary N) is 1. The Bertz CT molecular complexity index is 1200. The van der Waals surface area contributed by atoms with Crippen LogP contribution in [-0.4, -0.2) is 20.5 Å². The summed E-state index contributed by atoms with van der Waals surface area (Å²) >= 11 is 0. The number of aryl methyl sites for hydroxylation is 2. The van der Waals surface area contributed by atoms with E-state index in [1.807, 2.05) is 6.92 Å². The lowest BCUT2D eigenvalue weighted by atomic mass is 10.1. The number of halogens is 2. The number of carbonyl (C=O) groups is 1. The first kappa shape index (κ1) is 17.8. The molecule has 0 atom stereocenters. The number of aromatic nitrogens is 3. The molecule has 0 bridgehead atoms. The van der Waals surface area contributed by atoms with E-state index in [4.69, 9.17) is 0 Å². The molecule has 4 rings (SSSR count). The summed E-state index contributed by atoms with van der Waals surface area (Å²) < 4.78 is 28.2. The summed E-state index contributed by atoms with van der Waals surface area (Å²) in [6.07, 6.45) is 1.47. The van der Waals surface area contributed by atoms with E-state index in [0.29, 0.717) is 28.3 Å². The molecule has 2 aromatic carbocycles. The van der Waals surface area contributed by atoms with Gasteiger partial charge in [-0.1, -0.05) is 18.2 Å². The number of hydrogen-bond donors (Lipinski definition) is 1. The van der Waals surface area contributed by atoms with Gasteiger partial charge in [0.15, 0.2) is 5.65 Å². The quantitative estimate of drug-likeness (QED) is 0.569. The Morgan fingerprint density at radius 1 is 1.04 bits per heavy atom. The third-order valence-corrected chi connectivity index (χ3v) is 4.52. The molecule has 0 aliphatic carbocycles. The standard InChI is InChI=1S/C21H16F2N4O/c1-12-19(14-6-8-15(22)9-7-14)20-24-11-18(13(2)27(20)26-12)21(28)25-17-5-3-4-16(23)10-17/h3-11H,1-2H3,(H,25,28). The molecule has 140 valence electrons. The number of rotatable bonds is 3. The normalized spacial score (nSPS) is 11.0. The number of anilines is 1. The Labute approximate surface area is 159 Å². The molecule has 0 aliphatic heterocycles. The molecule has 2 heterocycles. The average molecular weight is 378 g/mol. The highest BCUT2D eigenvalue weighted by Gasteiger charge is 2.19. The molecule has 1 N–H and O–H groups in total. The summed E-state index contributed by atoms with van der Waals surface area (Å²) in [4.78, 5) is 17.0. The summed E-state index contributed by atoms with van der Waals surface area (Å²) in [6, 6.07) is 11.8. The molecular formula is C21H16F2N4O. The van der Waals surface area contributed by atoms with E-state index in [0.717, 1.165) is 11.1 Å². The number of hydrogen-bond acceptors (Lipinski definition) is 3. The zero-order valence-corrected chi connectivity index (χ0v) is 15.2. The molecule has 5 nitrogen and oxygen atoms in total. The molecule has 0 saturated carbocycles. The van der Waals surface area contributed by atoms with Crippen LogP contribution in [0.5, 0.6) is 0 Å². The predicted molar refractivity (Wildman–Crippen MR) is 102 cm³/mol. The van der Waals surface area contributed by atoms with Gasteiger partial charge in [0.2, 0.25) is 0 Å². The minimum Gasteiger partial charge on any atom is -0.322 e. The Hall–Kier alpha value is -3.61. The van der Waals surface area contributed by atoms with E-state index in [1.165, 1.54) is 36.5 Å². The van der Waals surface area contributed by atoms with Crippen LogP contribution in [0.4, 0.5) is 14.5 Å². The van der Waals surface area contributed by atoms with Gasteiger partial charge in [-0.25, -0.2) is 18.3 Å². The van der Waals surface area contributed by atoms with Crippen molar-refractivity contribution in [1.82, 2.24) is 14.6 Å². The maximum absolute atomic E-state index is 13.3. The average Bonchev–Trinajstić information content (AvgIpc) is 3.00. The van der Waals surface area contributed by atoms with Crippen molar-refractivity contribution in [3.8, 4) is 11.1 Å². The minimum atomic E-state index is -0.435. The molecule has 0 unspecified atom stereocenters. The Morgan fingerprint density at radius 3 is 2.50 bits per heavy atom. The lowest BCUT2D eigenvalue weighted by Crippen LogP contribution is -2.16.